The Balaban J connectivity index is 1.52. The van der Waals surface area contributed by atoms with Crippen LogP contribution in [0.5, 0.6) is 0 Å². The van der Waals surface area contributed by atoms with E-state index in [1.165, 1.54) is 0 Å². The summed E-state index contributed by atoms with van der Waals surface area (Å²) in [5, 5.41) is 10.1. The van der Waals surface area contributed by atoms with Crippen molar-refractivity contribution in [3.63, 3.8) is 0 Å². The smallest absolute Gasteiger partial charge is 0.242 e. The zero-order valence-electron chi connectivity index (χ0n) is 13.5. The van der Waals surface area contributed by atoms with Crippen molar-refractivity contribution in [1.82, 2.24) is 10.1 Å². The Hall–Kier alpha value is -2.34. The molecule has 1 aromatic heterocycles. The number of amides is 1. The maximum absolute atomic E-state index is 12.3. The number of hydrogen-bond donors (Lipinski definition) is 2. The average molecular weight is 314 g/mol. The lowest BCUT2D eigenvalue weighted by atomic mass is 10.2. The number of likely N-dealkylation sites (tertiary alicyclic amines) is 1. The monoisotopic (exact) mass is 314 g/mol. The highest BCUT2D eigenvalue weighted by Gasteiger charge is 2.29. The van der Waals surface area contributed by atoms with Crippen molar-refractivity contribution in [3.8, 4) is 0 Å². The summed E-state index contributed by atoms with van der Waals surface area (Å²) in [4.78, 5) is 14.5. The summed E-state index contributed by atoms with van der Waals surface area (Å²) in [5.41, 5.74) is 1.12. The minimum Gasteiger partial charge on any atom is -0.381 e. The molecule has 2 heterocycles. The molecule has 1 fully saturated rings. The molecule has 2 atom stereocenters. The predicted molar refractivity (Wildman–Crippen MR) is 89.4 cm³/mol. The summed E-state index contributed by atoms with van der Waals surface area (Å²) in [6.45, 7) is 5.47. The summed E-state index contributed by atoms with van der Waals surface area (Å²) >= 11 is 0. The summed E-state index contributed by atoms with van der Waals surface area (Å²) in [5.74, 6) is 1.09. The van der Waals surface area contributed by atoms with Gasteiger partial charge in [0.2, 0.25) is 5.91 Å². The van der Waals surface area contributed by atoms with E-state index in [-0.39, 0.29) is 11.9 Å². The summed E-state index contributed by atoms with van der Waals surface area (Å²) in [6.07, 6.45) is 1.02. The van der Waals surface area contributed by atoms with Crippen molar-refractivity contribution in [2.75, 3.05) is 23.7 Å². The molecule has 6 nitrogen and oxygen atoms in total. The molecule has 23 heavy (non-hydrogen) atoms. The maximum Gasteiger partial charge on any atom is 0.242 e. The quantitative estimate of drug-likeness (QED) is 0.887. The highest BCUT2D eigenvalue weighted by atomic mass is 16.5. The normalized spacial score (nSPS) is 19.5. The SMILES string of the molecule is Cc1cc(NC(=O)[C@@H](C)N2CC[C@@H](Nc3ccccc3)C2)no1. The van der Waals surface area contributed by atoms with Gasteiger partial charge in [0.05, 0.1) is 6.04 Å². The van der Waals surface area contributed by atoms with Crippen LogP contribution in [0.15, 0.2) is 40.9 Å². The Bertz CT molecular complexity index is 656. The van der Waals surface area contributed by atoms with Crippen LogP contribution in [-0.4, -0.2) is 41.1 Å². The fourth-order valence-corrected chi connectivity index (χ4v) is 2.85. The van der Waals surface area contributed by atoms with Gasteiger partial charge in [0, 0.05) is 30.9 Å². The Morgan fingerprint density at radius 1 is 1.39 bits per heavy atom. The van der Waals surface area contributed by atoms with E-state index in [1.807, 2.05) is 25.1 Å². The van der Waals surface area contributed by atoms with Crippen LogP contribution in [0.4, 0.5) is 11.5 Å². The number of anilines is 2. The van der Waals surface area contributed by atoms with Crippen molar-refractivity contribution in [2.45, 2.75) is 32.4 Å². The molecule has 1 aromatic carbocycles. The first-order chi connectivity index (χ1) is 11.1. The van der Waals surface area contributed by atoms with Crippen LogP contribution in [0.1, 0.15) is 19.1 Å². The van der Waals surface area contributed by atoms with E-state index in [9.17, 15) is 4.79 Å². The highest BCUT2D eigenvalue weighted by molar-refractivity contribution is 5.93. The third-order valence-corrected chi connectivity index (χ3v) is 4.17. The van der Waals surface area contributed by atoms with Crippen molar-refractivity contribution in [1.29, 1.82) is 0 Å². The van der Waals surface area contributed by atoms with Crippen molar-refractivity contribution in [2.24, 2.45) is 0 Å². The van der Waals surface area contributed by atoms with Crippen molar-refractivity contribution < 1.29 is 9.32 Å². The largest absolute Gasteiger partial charge is 0.381 e. The van der Waals surface area contributed by atoms with Crippen LogP contribution >= 0.6 is 0 Å². The number of aryl methyl sites for hydroxylation is 1. The molecular weight excluding hydrogens is 292 g/mol. The van der Waals surface area contributed by atoms with Gasteiger partial charge in [-0.2, -0.15) is 0 Å². The van der Waals surface area contributed by atoms with Gasteiger partial charge in [-0.25, -0.2) is 0 Å². The van der Waals surface area contributed by atoms with E-state index < -0.39 is 0 Å². The fourth-order valence-electron chi connectivity index (χ4n) is 2.85. The second-order valence-corrected chi connectivity index (χ2v) is 5.98. The number of carbonyl (C=O) groups is 1. The second kappa shape index (κ2) is 6.83. The third-order valence-electron chi connectivity index (χ3n) is 4.17. The lowest BCUT2D eigenvalue weighted by Crippen LogP contribution is -2.41. The molecule has 0 bridgehead atoms. The van der Waals surface area contributed by atoms with Gasteiger partial charge in [0.25, 0.3) is 0 Å². The van der Waals surface area contributed by atoms with E-state index in [0.29, 0.717) is 17.6 Å². The molecule has 1 saturated heterocycles. The first kappa shape index (κ1) is 15.6. The van der Waals surface area contributed by atoms with Crippen molar-refractivity contribution in [3.05, 3.63) is 42.2 Å². The lowest BCUT2D eigenvalue weighted by Gasteiger charge is -2.23. The molecule has 2 aromatic rings. The maximum atomic E-state index is 12.3. The Labute approximate surface area is 135 Å². The van der Waals surface area contributed by atoms with Gasteiger partial charge < -0.3 is 15.2 Å². The standard InChI is InChI=1S/C17H22N4O2/c1-12-10-16(20-23-12)19-17(22)13(2)21-9-8-15(11-21)18-14-6-4-3-5-7-14/h3-7,10,13,15,18H,8-9,11H2,1-2H3,(H,19,20,22)/t13-,15-/m1/s1. The first-order valence-corrected chi connectivity index (χ1v) is 7.91. The van der Waals surface area contributed by atoms with E-state index >= 15 is 0 Å². The van der Waals surface area contributed by atoms with Gasteiger partial charge in [-0.15, -0.1) is 0 Å². The number of carbonyl (C=O) groups excluding carboxylic acids is 1. The molecule has 6 heteroatoms. The minimum absolute atomic E-state index is 0.0568. The van der Waals surface area contributed by atoms with Gasteiger partial charge in [0.1, 0.15) is 5.76 Å². The number of para-hydroxylation sites is 1. The fraction of sp³-hybridized carbons (Fsp3) is 0.412. The van der Waals surface area contributed by atoms with Gasteiger partial charge in [-0.1, -0.05) is 23.4 Å². The molecule has 0 unspecified atom stereocenters. The van der Waals surface area contributed by atoms with Crippen LogP contribution in [0.25, 0.3) is 0 Å². The number of nitrogens with one attached hydrogen (secondary N) is 2. The summed E-state index contributed by atoms with van der Waals surface area (Å²) in [7, 11) is 0. The predicted octanol–water partition coefficient (Wildman–Crippen LogP) is 2.50. The van der Waals surface area contributed by atoms with E-state index in [2.05, 4.69) is 32.8 Å². The van der Waals surface area contributed by atoms with Crippen LogP contribution in [0, 0.1) is 6.92 Å². The van der Waals surface area contributed by atoms with Crippen LogP contribution in [-0.2, 0) is 4.79 Å². The number of hydrogen-bond acceptors (Lipinski definition) is 5. The highest BCUT2D eigenvalue weighted by Crippen LogP contribution is 2.18. The molecule has 2 N–H and O–H groups in total. The number of benzene rings is 1. The van der Waals surface area contributed by atoms with Crippen molar-refractivity contribution >= 4 is 17.4 Å². The summed E-state index contributed by atoms with van der Waals surface area (Å²) in [6, 6.07) is 12.0. The number of nitrogens with zero attached hydrogens (tertiary/aromatic N) is 2. The summed E-state index contributed by atoms with van der Waals surface area (Å²) < 4.78 is 4.97. The Kier molecular flexibility index (Phi) is 4.62. The van der Waals surface area contributed by atoms with E-state index in [4.69, 9.17) is 4.52 Å². The van der Waals surface area contributed by atoms with Crippen LogP contribution < -0.4 is 10.6 Å². The van der Waals surface area contributed by atoms with E-state index in [0.717, 1.165) is 25.2 Å². The first-order valence-electron chi connectivity index (χ1n) is 7.91. The number of aromatic nitrogens is 1. The molecule has 1 aliphatic rings. The molecule has 1 amide bonds. The van der Waals surface area contributed by atoms with E-state index in [1.54, 1.807) is 13.0 Å². The van der Waals surface area contributed by atoms with Crippen LogP contribution in [0.2, 0.25) is 0 Å². The Morgan fingerprint density at radius 3 is 2.87 bits per heavy atom. The zero-order chi connectivity index (χ0) is 16.2. The second-order valence-electron chi connectivity index (χ2n) is 5.98. The molecule has 0 saturated carbocycles. The molecular formula is C17H22N4O2. The van der Waals surface area contributed by atoms with Gasteiger partial charge in [-0.05, 0) is 32.4 Å². The van der Waals surface area contributed by atoms with Crippen LogP contribution in [0.3, 0.4) is 0 Å². The topological polar surface area (TPSA) is 70.4 Å². The third kappa shape index (κ3) is 3.90. The molecule has 0 spiro atoms. The Morgan fingerprint density at radius 2 is 2.17 bits per heavy atom. The molecule has 0 aliphatic carbocycles. The molecule has 3 rings (SSSR count). The number of rotatable bonds is 5. The zero-order valence-corrected chi connectivity index (χ0v) is 13.5. The van der Waals surface area contributed by atoms with Gasteiger partial charge in [0.15, 0.2) is 5.82 Å². The molecule has 1 aliphatic heterocycles. The molecule has 122 valence electrons. The van der Waals surface area contributed by atoms with Gasteiger partial charge in [-0.3, -0.25) is 9.69 Å². The molecule has 0 radical (unpaired) electrons. The lowest BCUT2D eigenvalue weighted by molar-refractivity contribution is -0.120. The van der Waals surface area contributed by atoms with Gasteiger partial charge >= 0.3 is 0 Å². The minimum atomic E-state index is -0.199. The average Bonchev–Trinajstić information content (AvgIpc) is 3.17.